The summed E-state index contributed by atoms with van der Waals surface area (Å²) in [5.74, 6) is 1.05. The van der Waals surface area contributed by atoms with Gasteiger partial charge in [0.2, 0.25) is 0 Å². The van der Waals surface area contributed by atoms with E-state index in [0.717, 1.165) is 42.6 Å². The number of aliphatic hydroxyl groups is 1. The van der Waals surface area contributed by atoms with Gasteiger partial charge in [-0.3, -0.25) is 9.59 Å². The Morgan fingerprint density at radius 1 is 1.19 bits per heavy atom. The van der Waals surface area contributed by atoms with Crippen LogP contribution in [-0.2, 0) is 0 Å². The van der Waals surface area contributed by atoms with Crippen LogP contribution >= 0.6 is 11.3 Å². The quantitative estimate of drug-likeness (QED) is 0.485. The number of pyridine rings is 1. The van der Waals surface area contributed by atoms with E-state index in [0.29, 0.717) is 22.5 Å². The number of aryl methyl sites for hydroxylation is 1. The van der Waals surface area contributed by atoms with Gasteiger partial charge in [-0.2, -0.15) is 0 Å². The molecular formula is C27H37N5O3S. The molecule has 0 spiro atoms. The maximum absolute atomic E-state index is 13.8. The van der Waals surface area contributed by atoms with E-state index in [9.17, 15) is 14.7 Å². The standard InChI is InChI=1S/C27H37N5O3S/c1-15-12-21(30-16(2)17-6-5-7-17)28-13-20(15)23-22(26(34)32-18-8-9-19(32)11-10-18)31-25(36-23)24(33)29-14-27(3,4)35/h12-13,16-19,35H,5-11,14H2,1-4H3,(H,28,30)(H,29,33)/t16-,18?,19?/m1/s1. The lowest BCUT2D eigenvalue weighted by atomic mass is 9.80. The monoisotopic (exact) mass is 511 g/mol. The summed E-state index contributed by atoms with van der Waals surface area (Å²) in [5.41, 5.74) is 1.11. The molecule has 9 heteroatoms. The molecule has 2 bridgehead atoms. The van der Waals surface area contributed by atoms with E-state index in [1.807, 2.05) is 17.9 Å². The third kappa shape index (κ3) is 5.00. The lowest BCUT2D eigenvalue weighted by Gasteiger charge is -2.32. The number of amides is 2. The first kappa shape index (κ1) is 25.1. The van der Waals surface area contributed by atoms with Crippen molar-refractivity contribution in [2.45, 2.75) is 96.4 Å². The Morgan fingerprint density at radius 3 is 2.42 bits per heavy atom. The van der Waals surface area contributed by atoms with Crippen LogP contribution in [0.1, 0.15) is 91.6 Å². The zero-order valence-corrected chi connectivity index (χ0v) is 22.5. The summed E-state index contributed by atoms with van der Waals surface area (Å²) in [6.45, 7) is 7.58. The van der Waals surface area contributed by atoms with Gasteiger partial charge < -0.3 is 20.6 Å². The van der Waals surface area contributed by atoms with Crippen LogP contribution in [0.15, 0.2) is 12.3 Å². The number of nitrogens with one attached hydrogen (secondary N) is 2. The van der Waals surface area contributed by atoms with Crippen LogP contribution in [0.25, 0.3) is 10.4 Å². The van der Waals surface area contributed by atoms with Crippen LogP contribution < -0.4 is 10.6 Å². The highest BCUT2D eigenvalue weighted by atomic mass is 32.1. The predicted molar refractivity (Wildman–Crippen MR) is 141 cm³/mol. The van der Waals surface area contributed by atoms with Crippen LogP contribution in [0.2, 0.25) is 0 Å². The van der Waals surface area contributed by atoms with E-state index >= 15 is 0 Å². The number of nitrogens with zero attached hydrogens (tertiary/aromatic N) is 3. The normalized spacial score (nSPS) is 22.4. The second kappa shape index (κ2) is 9.74. The lowest BCUT2D eigenvalue weighted by molar-refractivity contribution is 0.0692. The molecule has 3 fully saturated rings. The number of fused-ring (bicyclic) bond motifs is 2. The van der Waals surface area contributed by atoms with Gasteiger partial charge in [0, 0.05) is 36.4 Å². The molecule has 194 valence electrons. The van der Waals surface area contributed by atoms with Gasteiger partial charge >= 0.3 is 0 Å². The van der Waals surface area contributed by atoms with Crippen molar-refractivity contribution in [2.24, 2.45) is 5.92 Å². The molecule has 36 heavy (non-hydrogen) atoms. The average molecular weight is 512 g/mol. The molecule has 3 aliphatic rings. The lowest BCUT2D eigenvalue weighted by Crippen LogP contribution is -2.38. The predicted octanol–water partition coefficient (Wildman–Crippen LogP) is 4.38. The van der Waals surface area contributed by atoms with Crippen LogP contribution in [0.5, 0.6) is 0 Å². The molecular weight excluding hydrogens is 474 g/mol. The second-order valence-electron chi connectivity index (χ2n) is 11.4. The molecule has 2 amide bonds. The van der Waals surface area contributed by atoms with E-state index in [4.69, 9.17) is 0 Å². The van der Waals surface area contributed by atoms with Gasteiger partial charge in [0.05, 0.1) is 10.5 Å². The number of hydrogen-bond donors (Lipinski definition) is 3. The largest absolute Gasteiger partial charge is 0.389 e. The maximum Gasteiger partial charge on any atom is 0.280 e. The molecule has 2 saturated heterocycles. The maximum atomic E-state index is 13.8. The molecule has 0 unspecified atom stereocenters. The zero-order valence-electron chi connectivity index (χ0n) is 21.6. The highest BCUT2D eigenvalue weighted by molar-refractivity contribution is 7.17. The van der Waals surface area contributed by atoms with Crippen molar-refractivity contribution in [2.75, 3.05) is 11.9 Å². The molecule has 1 atom stereocenters. The zero-order chi connectivity index (χ0) is 25.6. The molecule has 1 saturated carbocycles. The fourth-order valence-electron chi connectivity index (χ4n) is 5.65. The van der Waals surface area contributed by atoms with Gasteiger partial charge in [0.1, 0.15) is 11.5 Å². The summed E-state index contributed by atoms with van der Waals surface area (Å²) in [4.78, 5) is 38.6. The van der Waals surface area contributed by atoms with Gasteiger partial charge in [0.15, 0.2) is 5.01 Å². The number of carbonyl (C=O) groups is 2. The highest BCUT2D eigenvalue weighted by Crippen LogP contribution is 2.41. The molecule has 0 radical (unpaired) electrons. The molecule has 2 aromatic rings. The molecule has 2 aromatic heterocycles. The Hall–Kier alpha value is -2.52. The van der Waals surface area contributed by atoms with Gasteiger partial charge in [-0.15, -0.1) is 11.3 Å². The number of thiazole rings is 1. The van der Waals surface area contributed by atoms with Crippen molar-refractivity contribution >= 4 is 29.0 Å². The fraction of sp³-hybridized carbons (Fsp3) is 0.630. The smallest absolute Gasteiger partial charge is 0.280 e. The summed E-state index contributed by atoms with van der Waals surface area (Å²) in [7, 11) is 0. The first-order chi connectivity index (χ1) is 17.1. The summed E-state index contributed by atoms with van der Waals surface area (Å²) in [5, 5.41) is 16.5. The van der Waals surface area contributed by atoms with Crippen molar-refractivity contribution in [1.29, 1.82) is 0 Å². The summed E-state index contributed by atoms with van der Waals surface area (Å²) >= 11 is 1.22. The Morgan fingerprint density at radius 2 is 1.86 bits per heavy atom. The first-order valence-corrected chi connectivity index (χ1v) is 14.0. The van der Waals surface area contributed by atoms with Gasteiger partial charge in [0.25, 0.3) is 11.8 Å². The number of carbonyl (C=O) groups excluding carboxylic acids is 2. The molecule has 8 nitrogen and oxygen atoms in total. The average Bonchev–Trinajstić information content (AvgIpc) is 3.50. The third-order valence-corrected chi connectivity index (χ3v) is 9.07. The van der Waals surface area contributed by atoms with E-state index in [1.54, 1.807) is 20.0 Å². The number of aromatic nitrogens is 2. The molecule has 4 heterocycles. The molecule has 3 N–H and O–H groups in total. The third-order valence-electron chi connectivity index (χ3n) is 7.98. The number of anilines is 1. The minimum absolute atomic E-state index is 0.0898. The fourth-order valence-corrected chi connectivity index (χ4v) is 6.70. The van der Waals surface area contributed by atoms with Gasteiger partial charge in [-0.25, -0.2) is 9.97 Å². The van der Waals surface area contributed by atoms with Crippen molar-refractivity contribution in [1.82, 2.24) is 20.2 Å². The van der Waals surface area contributed by atoms with Crippen molar-refractivity contribution < 1.29 is 14.7 Å². The van der Waals surface area contributed by atoms with Crippen molar-refractivity contribution in [3.63, 3.8) is 0 Å². The number of rotatable bonds is 8. The minimum atomic E-state index is -1.04. The molecule has 2 aliphatic heterocycles. The summed E-state index contributed by atoms with van der Waals surface area (Å²) in [6, 6.07) is 2.92. The van der Waals surface area contributed by atoms with Crippen molar-refractivity contribution in [3.8, 4) is 10.4 Å². The van der Waals surface area contributed by atoms with Crippen LogP contribution in [-0.4, -0.2) is 62.1 Å². The summed E-state index contributed by atoms with van der Waals surface area (Å²) < 4.78 is 0. The minimum Gasteiger partial charge on any atom is -0.389 e. The van der Waals surface area contributed by atoms with Crippen LogP contribution in [0.3, 0.4) is 0 Å². The molecule has 1 aliphatic carbocycles. The highest BCUT2D eigenvalue weighted by Gasteiger charge is 2.44. The number of hydrogen-bond acceptors (Lipinski definition) is 7. The van der Waals surface area contributed by atoms with Crippen molar-refractivity contribution in [3.05, 3.63) is 28.5 Å². The van der Waals surface area contributed by atoms with Crippen LogP contribution in [0.4, 0.5) is 5.82 Å². The van der Waals surface area contributed by atoms with E-state index in [1.165, 1.54) is 30.6 Å². The summed E-state index contributed by atoms with van der Waals surface area (Å²) in [6.07, 6.45) is 9.76. The molecule has 5 rings (SSSR count). The first-order valence-electron chi connectivity index (χ1n) is 13.2. The molecule has 0 aromatic carbocycles. The van der Waals surface area contributed by atoms with E-state index < -0.39 is 5.60 Å². The van der Waals surface area contributed by atoms with E-state index in [-0.39, 0.29) is 35.5 Å². The SMILES string of the molecule is Cc1cc(N[C@H](C)C2CCC2)ncc1-c1sc(C(=O)NCC(C)(C)O)nc1C(=O)N1C2CCC1CC2. The Kier molecular flexibility index (Phi) is 6.80. The van der Waals surface area contributed by atoms with E-state index in [2.05, 4.69) is 27.5 Å². The Bertz CT molecular complexity index is 1130. The van der Waals surface area contributed by atoms with Gasteiger partial charge in [-0.1, -0.05) is 6.42 Å². The second-order valence-corrected chi connectivity index (χ2v) is 12.4. The Balaban J connectivity index is 1.45. The van der Waals surface area contributed by atoms with Gasteiger partial charge in [-0.05, 0) is 83.8 Å². The Labute approximate surface area is 216 Å². The van der Waals surface area contributed by atoms with Crippen LogP contribution in [0, 0.1) is 12.8 Å². The topological polar surface area (TPSA) is 107 Å².